The molecule has 0 aliphatic rings. The number of aromatic nitrogens is 2. The number of nitrogens with zero attached hydrogens (tertiary/aromatic N) is 4. The lowest BCUT2D eigenvalue weighted by Gasteiger charge is -2.02. The van der Waals surface area contributed by atoms with E-state index in [0.717, 1.165) is 11.4 Å². The van der Waals surface area contributed by atoms with Gasteiger partial charge in [-0.1, -0.05) is 23.4 Å². The minimum Gasteiger partial charge on any atom is -0.455 e. The van der Waals surface area contributed by atoms with E-state index >= 15 is 0 Å². The standard InChI is InChI=1S/C19H16ClN5O4S/c1-11-7-12(2)23-19(22-11)30-10-18(26)24-21-9-14-4-6-17(29-14)15-5-3-13(25(27)28)8-16(15)20/h3-9H,10H2,1-2H3,(H,24,26)/b21-9-. The Morgan fingerprint density at radius 2 is 2.00 bits per heavy atom. The molecule has 0 aliphatic heterocycles. The van der Waals surface area contributed by atoms with Gasteiger partial charge in [0, 0.05) is 29.1 Å². The number of hydrazone groups is 1. The second-order valence-electron chi connectivity index (χ2n) is 6.14. The summed E-state index contributed by atoms with van der Waals surface area (Å²) in [6.45, 7) is 3.73. The largest absolute Gasteiger partial charge is 0.455 e. The Bertz CT molecular complexity index is 1110. The van der Waals surface area contributed by atoms with E-state index < -0.39 is 4.92 Å². The normalized spacial score (nSPS) is 11.0. The highest BCUT2D eigenvalue weighted by molar-refractivity contribution is 7.99. The average Bonchev–Trinajstić information content (AvgIpc) is 3.14. The van der Waals surface area contributed by atoms with E-state index in [0.29, 0.717) is 22.2 Å². The summed E-state index contributed by atoms with van der Waals surface area (Å²) in [5.74, 6) is 0.599. The maximum Gasteiger partial charge on any atom is 0.270 e. The van der Waals surface area contributed by atoms with E-state index in [9.17, 15) is 14.9 Å². The maximum atomic E-state index is 11.9. The lowest BCUT2D eigenvalue weighted by Crippen LogP contribution is -2.19. The second-order valence-corrected chi connectivity index (χ2v) is 7.49. The van der Waals surface area contributed by atoms with Gasteiger partial charge in [-0.3, -0.25) is 14.9 Å². The summed E-state index contributed by atoms with van der Waals surface area (Å²) in [4.78, 5) is 30.7. The maximum absolute atomic E-state index is 11.9. The zero-order valence-corrected chi connectivity index (χ0v) is 17.5. The lowest BCUT2D eigenvalue weighted by atomic mass is 10.1. The van der Waals surface area contributed by atoms with Gasteiger partial charge in [-0.25, -0.2) is 15.4 Å². The smallest absolute Gasteiger partial charge is 0.270 e. The van der Waals surface area contributed by atoms with Gasteiger partial charge in [0.2, 0.25) is 0 Å². The summed E-state index contributed by atoms with van der Waals surface area (Å²) in [6.07, 6.45) is 1.35. The molecule has 0 spiro atoms. The van der Waals surface area contributed by atoms with Gasteiger partial charge >= 0.3 is 0 Å². The number of amides is 1. The van der Waals surface area contributed by atoms with E-state index in [4.69, 9.17) is 16.0 Å². The third kappa shape index (κ3) is 5.65. The van der Waals surface area contributed by atoms with Crippen molar-refractivity contribution in [3.63, 3.8) is 0 Å². The third-order valence-electron chi connectivity index (χ3n) is 3.73. The molecule has 0 aliphatic carbocycles. The number of halogens is 1. The van der Waals surface area contributed by atoms with Crippen molar-refractivity contribution in [2.75, 3.05) is 5.75 Å². The van der Waals surface area contributed by atoms with Crippen molar-refractivity contribution in [1.29, 1.82) is 0 Å². The summed E-state index contributed by atoms with van der Waals surface area (Å²) < 4.78 is 5.61. The van der Waals surface area contributed by atoms with E-state index in [1.165, 1.54) is 36.2 Å². The van der Waals surface area contributed by atoms with Gasteiger partial charge in [0.25, 0.3) is 11.6 Å². The molecule has 2 heterocycles. The molecule has 3 rings (SSSR count). The highest BCUT2D eigenvalue weighted by Crippen LogP contribution is 2.32. The number of carbonyl (C=O) groups excluding carboxylic acids is 1. The number of hydrogen-bond acceptors (Lipinski definition) is 8. The second kappa shape index (κ2) is 9.51. The molecule has 2 aromatic heterocycles. The molecule has 0 bridgehead atoms. The summed E-state index contributed by atoms with van der Waals surface area (Å²) >= 11 is 7.32. The van der Waals surface area contributed by atoms with E-state index in [1.54, 1.807) is 12.1 Å². The molecule has 30 heavy (non-hydrogen) atoms. The van der Waals surface area contributed by atoms with Crippen LogP contribution in [0.4, 0.5) is 5.69 Å². The topological polar surface area (TPSA) is 124 Å². The first-order chi connectivity index (χ1) is 14.3. The van der Waals surface area contributed by atoms with Crippen LogP contribution in [-0.2, 0) is 4.79 Å². The molecular formula is C19H16ClN5O4S. The Kier molecular flexibility index (Phi) is 6.80. The van der Waals surface area contributed by atoms with Crippen LogP contribution >= 0.6 is 23.4 Å². The van der Waals surface area contributed by atoms with Crippen molar-refractivity contribution < 1.29 is 14.1 Å². The summed E-state index contributed by atoms with van der Waals surface area (Å²) in [6, 6.07) is 9.26. The fourth-order valence-electron chi connectivity index (χ4n) is 2.47. The van der Waals surface area contributed by atoms with Gasteiger partial charge in [0.05, 0.1) is 21.9 Å². The van der Waals surface area contributed by atoms with Crippen LogP contribution in [0.3, 0.4) is 0 Å². The number of rotatable bonds is 7. The quantitative estimate of drug-likeness (QED) is 0.190. The van der Waals surface area contributed by atoms with Gasteiger partial charge in [-0.15, -0.1) is 0 Å². The third-order valence-corrected chi connectivity index (χ3v) is 4.89. The van der Waals surface area contributed by atoms with Crippen LogP contribution in [0.5, 0.6) is 0 Å². The fourth-order valence-corrected chi connectivity index (χ4v) is 3.48. The molecule has 11 heteroatoms. The van der Waals surface area contributed by atoms with E-state index in [-0.39, 0.29) is 22.4 Å². The highest BCUT2D eigenvalue weighted by atomic mass is 35.5. The van der Waals surface area contributed by atoms with Crippen molar-refractivity contribution in [2.24, 2.45) is 5.10 Å². The Morgan fingerprint density at radius 1 is 1.27 bits per heavy atom. The molecule has 0 saturated carbocycles. The average molecular weight is 446 g/mol. The summed E-state index contributed by atoms with van der Waals surface area (Å²) in [5, 5.41) is 15.4. The van der Waals surface area contributed by atoms with Gasteiger partial charge < -0.3 is 4.42 Å². The molecule has 0 saturated heterocycles. The first kappa shape index (κ1) is 21.5. The monoisotopic (exact) mass is 445 g/mol. The van der Waals surface area contributed by atoms with Crippen molar-refractivity contribution in [1.82, 2.24) is 15.4 Å². The molecule has 1 N–H and O–H groups in total. The molecule has 3 aromatic rings. The predicted octanol–water partition coefficient (Wildman–Crippen LogP) is 4.16. The molecule has 1 amide bonds. The summed E-state index contributed by atoms with van der Waals surface area (Å²) in [5.41, 5.74) is 4.48. The Hall–Kier alpha value is -3.24. The number of non-ortho nitro benzene ring substituents is 1. The molecule has 9 nitrogen and oxygen atoms in total. The van der Waals surface area contributed by atoms with Crippen LogP contribution in [-0.4, -0.2) is 32.8 Å². The number of thioether (sulfide) groups is 1. The zero-order valence-electron chi connectivity index (χ0n) is 16.0. The molecule has 0 fully saturated rings. The minimum absolute atomic E-state index is 0.108. The Labute approximate surface area is 180 Å². The van der Waals surface area contributed by atoms with Crippen LogP contribution in [0.15, 0.2) is 51.1 Å². The van der Waals surface area contributed by atoms with Crippen molar-refractivity contribution in [3.8, 4) is 11.3 Å². The number of aryl methyl sites for hydroxylation is 2. The number of carbonyl (C=O) groups is 1. The van der Waals surface area contributed by atoms with Crippen LogP contribution in [0.25, 0.3) is 11.3 Å². The van der Waals surface area contributed by atoms with Crippen molar-refractivity contribution >= 4 is 41.2 Å². The highest BCUT2D eigenvalue weighted by Gasteiger charge is 2.13. The van der Waals surface area contributed by atoms with Crippen LogP contribution in [0, 0.1) is 24.0 Å². The number of benzene rings is 1. The zero-order chi connectivity index (χ0) is 21.7. The molecule has 154 valence electrons. The van der Waals surface area contributed by atoms with Gasteiger partial charge in [0.1, 0.15) is 11.5 Å². The molecule has 1 aromatic carbocycles. The molecular weight excluding hydrogens is 430 g/mol. The van der Waals surface area contributed by atoms with Crippen LogP contribution < -0.4 is 5.43 Å². The van der Waals surface area contributed by atoms with Gasteiger partial charge in [-0.2, -0.15) is 5.10 Å². The van der Waals surface area contributed by atoms with Gasteiger partial charge in [0.15, 0.2) is 5.16 Å². The number of furan rings is 1. The predicted molar refractivity (Wildman–Crippen MR) is 114 cm³/mol. The SMILES string of the molecule is Cc1cc(C)nc(SCC(=O)N/N=C\c2ccc(-c3ccc([N+](=O)[O-])cc3Cl)o2)n1. The van der Waals surface area contributed by atoms with Crippen molar-refractivity contribution in [2.45, 2.75) is 19.0 Å². The van der Waals surface area contributed by atoms with E-state index in [2.05, 4.69) is 20.5 Å². The number of nitro benzene ring substituents is 1. The number of nitro groups is 1. The number of hydrogen-bond donors (Lipinski definition) is 1. The lowest BCUT2D eigenvalue weighted by molar-refractivity contribution is -0.384. The molecule has 0 unspecified atom stereocenters. The Balaban J connectivity index is 1.56. The van der Waals surface area contributed by atoms with Crippen LogP contribution in [0.2, 0.25) is 5.02 Å². The number of nitrogens with one attached hydrogen (secondary N) is 1. The minimum atomic E-state index is -0.525. The first-order valence-electron chi connectivity index (χ1n) is 8.63. The van der Waals surface area contributed by atoms with Crippen molar-refractivity contribution in [3.05, 3.63) is 68.7 Å². The van der Waals surface area contributed by atoms with Gasteiger partial charge in [-0.05, 0) is 38.1 Å². The molecule has 0 atom stereocenters. The first-order valence-corrected chi connectivity index (χ1v) is 9.99. The van der Waals surface area contributed by atoms with E-state index in [1.807, 2.05) is 19.9 Å². The van der Waals surface area contributed by atoms with Crippen LogP contribution in [0.1, 0.15) is 17.1 Å². The fraction of sp³-hybridized carbons (Fsp3) is 0.158. The summed E-state index contributed by atoms with van der Waals surface area (Å²) in [7, 11) is 0. The Morgan fingerprint density at radius 3 is 2.67 bits per heavy atom. The molecule has 0 radical (unpaired) electrons.